The van der Waals surface area contributed by atoms with Crippen molar-refractivity contribution < 1.29 is 4.79 Å². The molecule has 0 aliphatic rings. The molecule has 0 saturated heterocycles. The third-order valence-corrected chi connectivity index (χ3v) is 6.50. The van der Waals surface area contributed by atoms with Gasteiger partial charge in [0.1, 0.15) is 6.29 Å². The first-order valence-electron chi connectivity index (χ1n) is 8.26. The van der Waals surface area contributed by atoms with Crippen molar-refractivity contribution in [3.63, 3.8) is 0 Å². The fourth-order valence-corrected chi connectivity index (χ4v) is 4.75. The molecule has 120 valence electrons. The minimum absolute atomic E-state index is 0.443. The van der Waals surface area contributed by atoms with Gasteiger partial charge >= 0.3 is 0 Å². The molecule has 0 bridgehead atoms. The Morgan fingerprint density at radius 1 is 1.00 bits per heavy atom. The van der Waals surface area contributed by atoms with Gasteiger partial charge in [-0.15, -0.1) is 0 Å². The molecule has 23 heavy (non-hydrogen) atoms. The molecular weight excluding hydrogens is 296 g/mol. The van der Waals surface area contributed by atoms with Crippen LogP contribution in [0.4, 0.5) is 0 Å². The number of aldehydes is 1. The Morgan fingerprint density at radius 2 is 1.74 bits per heavy atom. The van der Waals surface area contributed by atoms with Crippen LogP contribution in [0.2, 0.25) is 19.6 Å². The Bertz CT molecular complexity index is 653. The van der Waals surface area contributed by atoms with E-state index in [9.17, 15) is 4.79 Å². The lowest BCUT2D eigenvalue weighted by molar-refractivity contribution is 0.112. The second-order valence-corrected chi connectivity index (χ2v) is 12.4. The highest BCUT2D eigenvalue weighted by atomic mass is 28.3. The quantitative estimate of drug-likeness (QED) is 0.366. The van der Waals surface area contributed by atoms with Crippen molar-refractivity contribution in [2.75, 3.05) is 0 Å². The molecule has 0 amide bonds. The summed E-state index contributed by atoms with van der Waals surface area (Å²) in [5.41, 5.74) is 3.86. The smallest absolute Gasteiger partial charge is 0.150 e. The van der Waals surface area contributed by atoms with Gasteiger partial charge in [-0.25, -0.2) is 0 Å². The zero-order valence-corrected chi connectivity index (χ0v) is 15.3. The highest BCUT2D eigenvalue weighted by molar-refractivity contribution is 6.78. The van der Waals surface area contributed by atoms with Gasteiger partial charge in [0, 0.05) is 5.56 Å². The summed E-state index contributed by atoms with van der Waals surface area (Å²) in [7, 11) is -1.40. The normalized spacial score (nSPS) is 13.2. The first-order valence-corrected chi connectivity index (χ1v) is 11.8. The average Bonchev–Trinajstić information content (AvgIpc) is 2.54. The van der Waals surface area contributed by atoms with E-state index in [4.69, 9.17) is 0 Å². The molecular formula is C21H26OSi. The first-order chi connectivity index (χ1) is 11.0. The van der Waals surface area contributed by atoms with Crippen LogP contribution in [0.15, 0.2) is 66.7 Å². The molecule has 2 aromatic rings. The molecule has 0 aromatic heterocycles. The van der Waals surface area contributed by atoms with Gasteiger partial charge in [-0.1, -0.05) is 80.3 Å². The summed E-state index contributed by atoms with van der Waals surface area (Å²) in [5, 5.41) is 0. The number of aryl methyl sites for hydroxylation is 1. The molecule has 0 saturated carbocycles. The third-order valence-electron chi connectivity index (χ3n) is 4.11. The summed E-state index contributed by atoms with van der Waals surface area (Å²) in [5.74, 6) is 0. The second-order valence-electron chi connectivity index (χ2n) is 7.08. The lowest BCUT2D eigenvalue weighted by Crippen LogP contribution is -2.29. The SMILES string of the molecule is C[Si](C)(C)C(/C=C/CCc1ccccc1)c1cccc(C=O)c1. The molecule has 0 spiro atoms. The maximum atomic E-state index is 11.0. The minimum Gasteiger partial charge on any atom is -0.298 e. The largest absolute Gasteiger partial charge is 0.298 e. The molecule has 2 heteroatoms. The lowest BCUT2D eigenvalue weighted by Gasteiger charge is -2.27. The van der Waals surface area contributed by atoms with E-state index in [0.29, 0.717) is 5.54 Å². The highest BCUT2D eigenvalue weighted by Gasteiger charge is 2.25. The fourth-order valence-electron chi connectivity index (χ4n) is 2.85. The van der Waals surface area contributed by atoms with Crippen LogP contribution in [0.5, 0.6) is 0 Å². The van der Waals surface area contributed by atoms with Crippen LogP contribution in [0.25, 0.3) is 0 Å². The first kappa shape index (κ1) is 17.4. The molecule has 0 aliphatic carbocycles. The summed E-state index contributed by atoms with van der Waals surface area (Å²) in [6.45, 7) is 7.15. The molecule has 1 nitrogen and oxygen atoms in total. The summed E-state index contributed by atoms with van der Waals surface area (Å²) in [4.78, 5) is 11.0. The predicted molar refractivity (Wildman–Crippen MR) is 102 cm³/mol. The van der Waals surface area contributed by atoms with Gasteiger partial charge in [0.25, 0.3) is 0 Å². The van der Waals surface area contributed by atoms with Crippen LogP contribution < -0.4 is 0 Å². The van der Waals surface area contributed by atoms with Crippen molar-refractivity contribution in [2.45, 2.75) is 38.0 Å². The second kappa shape index (κ2) is 8.07. The molecule has 0 N–H and O–H groups in total. The molecule has 0 heterocycles. The van der Waals surface area contributed by atoms with Gasteiger partial charge in [0.2, 0.25) is 0 Å². The van der Waals surface area contributed by atoms with Crippen molar-refractivity contribution in [1.82, 2.24) is 0 Å². The van der Waals surface area contributed by atoms with Gasteiger partial charge in [-0.2, -0.15) is 0 Å². The van der Waals surface area contributed by atoms with Gasteiger partial charge in [0.15, 0.2) is 0 Å². The molecule has 0 aliphatic heterocycles. The molecule has 2 rings (SSSR count). The molecule has 0 fully saturated rings. The van der Waals surface area contributed by atoms with E-state index in [-0.39, 0.29) is 0 Å². The number of allylic oxidation sites excluding steroid dienone is 2. The van der Waals surface area contributed by atoms with Crippen molar-refractivity contribution in [3.05, 3.63) is 83.4 Å². The monoisotopic (exact) mass is 322 g/mol. The zero-order chi connectivity index (χ0) is 16.7. The number of hydrogen-bond acceptors (Lipinski definition) is 1. The van der Waals surface area contributed by atoms with E-state index >= 15 is 0 Å². The van der Waals surface area contributed by atoms with E-state index < -0.39 is 8.07 Å². The highest BCUT2D eigenvalue weighted by Crippen LogP contribution is 2.29. The van der Waals surface area contributed by atoms with Crippen LogP contribution >= 0.6 is 0 Å². The van der Waals surface area contributed by atoms with E-state index in [1.165, 1.54) is 11.1 Å². The van der Waals surface area contributed by atoms with Crippen LogP contribution in [0, 0.1) is 0 Å². The number of carbonyl (C=O) groups is 1. The van der Waals surface area contributed by atoms with Crippen molar-refractivity contribution >= 4 is 14.4 Å². The molecule has 1 unspecified atom stereocenters. The van der Waals surface area contributed by atoms with Crippen molar-refractivity contribution in [1.29, 1.82) is 0 Å². The van der Waals surface area contributed by atoms with Gasteiger partial charge in [-0.05, 0) is 35.6 Å². The maximum Gasteiger partial charge on any atom is 0.150 e. The Hall–Kier alpha value is -1.93. The Labute approximate surface area is 141 Å². The Morgan fingerprint density at radius 3 is 2.39 bits per heavy atom. The number of carbonyl (C=O) groups excluding carboxylic acids is 1. The standard InChI is InChI=1S/C21H26OSi/c1-23(2,3)21(20-14-9-13-19(16-20)17-22)15-8-7-12-18-10-5-4-6-11-18/h4-6,8-11,13-17,21H,7,12H2,1-3H3/b15-8+. The number of rotatable bonds is 7. The van der Waals surface area contributed by atoms with Gasteiger partial charge < -0.3 is 0 Å². The Balaban J connectivity index is 2.09. The predicted octanol–water partition coefficient (Wildman–Crippen LogP) is 5.65. The van der Waals surface area contributed by atoms with E-state index in [1.54, 1.807) is 0 Å². The summed E-state index contributed by atoms with van der Waals surface area (Å²) >= 11 is 0. The van der Waals surface area contributed by atoms with Crippen LogP contribution in [-0.2, 0) is 6.42 Å². The summed E-state index contributed by atoms with van der Waals surface area (Å²) < 4.78 is 0. The third kappa shape index (κ3) is 5.33. The minimum atomic E-state index is -1.40. The van der Waals surface area contributed by atoms with E-state index in [1.807, 2.05) is 18.2 Å². The van der Waals surface area contributed by atoms with Crippen molar-refractivity contribution in [2.24, 2.45) is 0 Å². The maximum absolute atomic E-state index is 11.0. The summed E-state index contributed by atoms with van der Waals surface area (Å²) in [6, 6.07) is 18.6. The average molecular weight is 323 g/mol. The van der Waals surface area contributed by atoms with Crippen molar-refractivity contribution in [3.8, 4) is 0 Å². The Kier molecular flexibility index (Phi) is 6.11. The van der Waals surface area contributed by atoms with Gasteiger partial charge in [-0.3, -0.25) is 4.79 Å². The topological polar surface area (TPSA) is 17.1 Å². The lowest BCUT2D eigenvalue weighted by atomic mass is 10.1. The summed E-state index contributed by atoms with van der Waals surface area (Å²) in [6.07, 6.45) is 7.73. The van der Waals surface area contributed by atoms with E-state index in [0.717, 1.165) is 24.7 Å². The molecule has 0 radical (unpaired) electrons. The number of hydrogen-bond donors (Lipinski definition) is 0. The van der Waals surface area contributed by atoms with Crippen LogP contribution in [-0.4, -0.2) is 14.4 Å². The zero-order valence-electron chi connectivity index (χ0n) is 14.3. The molecule has 1 atom stereocenters. The van der Waals surface area contributed by atoms with Gasteiger partial charge in [0.05, 0.1) is 8.07 Å². The fraction of sp³-hybridized carbons (Fsp3) is 0.286. The molecule has 2 aromatic carbocycles. The van der Waals surface area contributed by atoms with Crippen LogP contribution in [0.1, 0.15) is 33.4 Å². The van der Waals surface area contributed by atoms with E-state index in [2.05, 4.69) is 68.2 Å². The number of benzene rings is 2. The van der Waals surface area contributed by atoms with Crippen LogP contribution in [0.3, 0.4) is 0 Å².